The van der Waals surface area contributed by atoms with Crippen LogP contribution in [0.2, 0.25) is 0 Å². The molecule has 1 heterocycles. The Morgan fingerprint density at radius 2 is 1.82 bits per heavy atom. The average Bonchev–Trinajstić information content (AvgIpc) is 2.28. The van der Waals surface area contributed by atoms with Gasteiger partial charge in [0, 0.05) is 20.4 Å². The van der Waals surface area contributed by atoms with Crippen molar-refractivity contribution in [3.05, 3.63) is 44.2 Å². The smallest absolute Gasteiger partial charge is 0.322 e. The molecule has 0 saturated heterocycles. The second kappa shape index (κ2) is 5.21. The fraction of sp³-hybridized carbons (Fsp3) is 0. The minimum Gasteiger partial charge on any atom is -0.421 e. The molecule has 0 aliphatic carbocycles. The molecular weight excluding hydrogens is 409 g/mol. The van der Waals surface area contributed by atoms with Gasteiger partial charge in [-0.05, 0) is 34.7 Å². The third kappa shape index (κ3) is 3.09. The van der Waals surface area contributed by atoms with Crippen molar-refractivity contribution in [3.63, 3.8) is 0 Å². The highest BCUT2D eigenvalue weighted by molar-refractivity contribution is 14.1. The maximum Gasteiger partial charge on any atom is 0.322 e. The lowest BCUT2D eigenvalue weighted by atomic mass is 10.3. The molecule has 0 spiro atoms. The molecule has 1 aromatic carbocycles. The number of hydrogen-bond acceptors (Lipinski definition) is 3. The van der Waals surface area contributed by atoms with Gasteiger partial charge < -0.3 is 4.74 Å². The summed E-state index contributed by atoms with van der Waals surface area (Å²) in [6, 6.07) is 2.28. The van der Waals surface area contributed by atoms with Crippen molar-refractivity contribution in [2.24, 2.45) is 0 Å². The first-order valence-corrected chi connectivity index (χ1v) is 6.23. The van der Waals surface area contributed by atoms with Gasteiger partial charge in [0.15, 0.2) is 11.6 Å². The molecule has 0 aliphatic heterocycles. The van der Waals surface area contributed by atoms with Crippen LogP contribution in [-0.4, -0.2) is 9.97 Å². The minimum atomic E-state index is -1.07. The van der Waals surface area contributed by atoms with Gasteiger partial charge in [-0.2, -0.15) is 4.39 Å². The van der Waals surface area contributed by atoms with Gasteiger partial charge in [0.2, 0.25) is 5.82 Å². The summed E-state index contributed by atoms with van der Waals surface area (Å²) in [5.74, 6) is -2.34. The van der Waals surface area contributed by atoms with E-state index in [4.69, 9.17) is 4.74 Å². The van der Waals surface area contributed by atoms with Gasteiger partial charge in [-0.1, -0.05) is 15.9 Å². The van der Waals surface area contributed by atoms with Gasteiger partial charge in [-0.15, -0.1) is 0 Å². The third-order valence-corrected chi connectivity index (χ3v) is 2.77. The summed E-state index contributed by atoms with van der Waals surface area (Å²) in [6.07, 6.45) is 3.02. The Bertz CT molecular complexity index is 551. The predicted octanol–water partition coefficient (Wildman–Crippen LogP) is 3.91. The zero-order chi connectivity index (χ0) is 12.4. The minimum absolute atomic E-state index is 0.0400. The first kappa shape index (κ1) is 12.6. The summed E-state index contributed by atoms with van der Waals surface area (Å²) in [6.45, 7) is 0. The lowest BCUT2D eigenvalue weighted by Crippen LogP contribution is -1.96. The van der Waals surface area contributed by atoms with Gasteiger partial charge in [0.1, 0.15) is 0 Å². The number of rotatable bonds is 2. The molecule has 0 N–H and O–H groups in total. The maximum absolute atomic E-state index is 13.4. The first-order valence-electron chi connectivity index (χ1n) is 4.36. The van der Waals surface area contributed by atoms with Gasteiger partial charge in [-0.25, -0.2) is 14.4 Å². The van der Waals surface area contributed by atoms with E-state index in [0.29, 0.717) is 4.47 Å². The first-order chi connectivity index (χ1) is 8.06. The Hall–Kier alpha value is -0.830. The number of ether oxygens (including phenoxy) is 1. The van der Waals surface area contributed by atoms with E-state index < -0.39 is 11.6 Å². The van der Waals surface area contributed by atoms with Crippen molar-refractivity contribution in [3.8, 4) is 11.8 Å². The zero-order valence-electron chi connectivity index (χ0n) is 8.12. The molecule has 1 aromatic heterocycles. The van der Waals surface area contributed by atoms with E-state index in [1.54, 1.807) is 0 Å². The molecule has 0 atom stereocenters. The normalized spacial score (nSPS) is 10.4. The Labute approximate surface area is 118 Å². The van der Waals surface area contributed by atoms with Crippen LogP contribution >= 0.6 is 38.5 Å². The molecule has 2 rings (SSSR count). The summed E-state index contributed by atoms with van der Waals surface area (Å²) in [7, 11) is 0. The largest absolute Gasteiger partial charge is 0.421 e. The number of halogens is 4. The second-order valence-corrected chi connectivity index (χ2v) is 5.15. The van der Waals surface area contributed by atoms with Crippen molar-refractivity contribution in [1.82, 2.24) is 9.97 Å². The van der Waals surface area contributed by atoms with Crippen molar-refractivity contribution < 1.29 is 13.5 Å². The van der Waals surface area contributed by atoms with Crippen molar-refractivity contribution in [2.45, 2.75) is 0 Å². The molecule has 0 unspecified atom stereocenters. The molecule has 7 heteroatoms. The SMILES string of the molecule is Fc1cc(Br)cc(Oc2ncc(I)cn2)c1F. The molecule has 0 bridgehead atoms. The van der Waals surface area contributed by atoms with Crippen LogP contribution < -0.4 is 4.74 Å². The van der Waals surface area contributed by atoms with Crippen LogP contribution in [0.15, 0.2) is 29.0 Å². The molecule has 0 amide bonds. The van der Waals surface area contributed by atoms with Gasteiger partial charge in [-0.3, -0.25) is 0 Å². The van der Waals surface area contributed by atoms with Crippen LogP contribution in [-0.2, 0) is 0 Å². The van der Waals surface area contributed by atoms with E-state index in [1.807, 2.05) is 22.6 Å². The Morgan fingerprint density at radius 1 is 1.18 bits per heavy atom. The fourth-order valence-corrected chi connectivity index (χ4v) is 1.75. The number of benzene rings is 1. The molecule has 0 fully saturated rings. The number of nitrogens with zero attached hydrogens (tertiary/aromatic N) is 2. The summed E-state index contributed by atoms with van der Waals surface area (Å²) in [5, 5.41) is 0. The van der Waals surface area contributed by atoms with Crippen LogP contribution in [0.25, 0.3) is 0 Å². The summed E-state index contributed by atoms with van der Waals surface area (Å²) in [4.78, 5) is 7.66. The van der Waals surface area contributed by atoms with E-state index >= 15 is 0 Å². The monoisotopic (exact) mass is 412 g/mol. The lowest BCUT2D eigenvalue weighted by molar-refractivity contribution is 0.392. The Kier molecular flexibility index (Phi) is 3.87. The van der Waals surface area contributed by atoms with E-state index in [-0.39, 0.29) is 11.8 Å². The van der Waals surface area contributed by atoms with Crippen molar-refractivity contribution >= 4 is 38.5 Å². The maximum atomic E-state index is 13.4. The van der Waals surface area contributed by atoms with Crippen molar-refractivity contribution in [2.75, 3.05) is 0 Å². The van der Waals surface area contributed by atoms with Gasteiger partial charge >= 0.3 is 6.01 Å². The predicted molar refractivity (Wildman–Crippen MR) is 68.9 cm³/mol. The quantitative estimate of drug-likeness (QED) is 0.554. The van der Waals surface area contributed by atoms with E-state index in [1.165, 1.54) is 18.5 Å². The topological polar surface area (TPSA) is 35.0 Å². The molecule has 2 aromatic rings. The summed E-state index contributed by atoms with van der Waals surface area (Å²) in [5.41, 5.74) is 0. The molecule has 0 radical (unpaired) electrons. The van der Waals surface area contributed by atoms with Gasteiger partial charge in [0.05, 0.1) is 0 Å². The molecule has 17 heavy (non-hydrogen) atoms. The highest BCUT2D eigenvalue weighted by atomic mass is 127. The fourth-order valence-electron chi connectivity index (χ4n) is 1.06. The van der Waals surface area contributed by atoms with Crippen LogP contribution in [0.4, 0.5) is 8.78 Å². The average molecular weight is 413 g/mol. The second-order valence-electron chi connectivity index (χ2n) is 2.99. The zero-order valence-corrected chi connectivity index (χ0v) is 11.9. The highest BCUT2D eigenvalue weighted by Crippen LogP contribution is 2.28. The third-order valence-electron chi connectivity index (χ3n) is 1.76. The standard InChI is InChI=1S/C10H4BrF2IN2O/c11-5-1-7(12)9(13)8(2-5)17-10-15-3-6(14)4-16-10/h1-4H. The Balaban J connectivity index is 2.32. The number of hydrogen-bond donors (Lipinski definition) is 0. The summed E-state index contributed by atoms with van der Waals surface area (Å²) < 4.78 is 32.7. The number of aromatic nitrogens is 2. The van der Waals surface area contributed by atoms with Crippen LogP contribution in [0.1, 0.15) is 0 Å². The van der Waals surface area contributed by atoms with E-state index in [9.17, 15) is 8.78 Å². The Morgan fingerprint density at radius 3 is 2.47 bits per heavy atom. The van der Waals surface area contributed by atoms with Gasteiger partial charge in [0.25, 0.3) is 0 Å². The molecular formula is C10H4BrF2IN2O. The van der Waals surface area contributed by atoms with Crippen molar-refractivity contribution in [1.29, 1.82) is 0 Å². The molecule has 0 aliphatic rings. The highest BCUT2D eigenvalue weighted by Gasteiger charge is 2.13. The molecule has 88 valence electrons. The lowest BCUT2D eigenvalue weighted by Gasteiger charge is -2.05. The van der Waals surface area contributed by atoms with E-state index in [2.05, 4.69) is 25.9 Å². The molecule has 0 saturated carbocycles. The van der Waals surface area contributed by atoms with Crippen LogP contribution in [0, 0.1) is 15.2 Å². The van der Waals surface area contributed by atoms with Crippen LogP contribution in [0.3, 0.4) is 0 Å². The van der Waals surface area contributed by atoms with E-state index in [0.717, 1.165) is 9.64 Å². The summed E-state index contributed by atoms with van der Waals surface area (Å²) >= 11 is 5.07. The van der Waals surface area contributed by atoms with Crippen LogP contribution in [0.5, 0.6) is 11.8 Å². The molecule has 3 nitrogen and oxygen atoms in total.